The van der Waals surface area contributed by atoms with Crippen LogP contribution in [0.3, 0.4) is 0 Å². The number of carbonyl (C=O) groups is 1. The molecule has 0 amide bonds. The number of carboxylic acids is 1. The summed E-state index contributed by atoms with van der Waals surface area (Å²) < 4.78 is 19.5. The van der Waals surface area contributed by atoms with Crippen molar-refractivity contribution < 1.29 is 19.0 Å². The predicted molar refractivity (Wildman–Crippen MR) is 61.8 cm³/mol. The van der Waals surface area contributed by atoms with E-state index in [0.717, 1.165) is 0 Å². The van der Waals surface area contributed by atoms with Crippen molar-refractivity contribution in [1.29, 1.82) is 0 Å². The van der Waals surface area contributed by atoms with Gasteiger partial charge in [0.2, 0.25) is 5.88 Å². The molecule has 18 heavy (non-hydrogen) atoms. The molecule has 5 nitrogen and oxygen atoms in total. The van der Waals surface area contributed by atoms with E-state index in [1.165, 1.54) is 30.0 Å². The minimum atomic E-state index is -1.13. The fourth-order valence-electron chi connectivity index (χ4n) is 1.72. The molecule has 0 aliphatic heterocycles. The Morgan fingerprint density at radius 3 is 2.78 bits per heavy atom. The van der Waals surface area contributed by atoms with Crippen molar-refractivity contribution in [1.82, 2.24) is 9.78 Å². The average molecular weight is 250 g/mol. The molecule has 2 rings (SSSR count). The van der Waals surface area contributed by atoms with E-state index >= 15 is 0 Å². The second-order valence-electron chi connectivity index (χ2n) is 3.67. The lowest BCUT2D eigenvalue weighted by molar-refractivity contribution is 0.0692. The number of carboxylic acid groups (broad SMARTS) is 1. The minimum absolute atomic E-state index is 0.0261. The van der Waals surface area contributed by atoms with Gasteiger partial charge in [0, 0.05) is 0 Å². The first kappa shape index (κ1) is 12.1. The fourth-order valence-corrected chi connectivity index (χ4v) is 1.72. The number of halogens is 1. The topological polar surface area (TPSA) is 64.3 Å². The van der Waals surface area contributed by atoms with Crippen LogP contribution in [0.4, 0.5) is 4.39 Å². The van der Waals surface area contributed by atoms with Crippen molar-refractivity contribution in [2.24, 2.45) is 0 Å². The van der Waals surface area contributed by atoms with Crippen LogP contribution in [0.1, 0.15) is 16.1 Å². The molecule has 0 spiro atoms. The van der Waals surface area contributed by atoms with Crippen LogP contribution in [0.25, 0.3) is 5.69 Å². The van der Waals surface area contributed by atoms with Crippen molar-refractivity contribution in [3.8, 4) is 11.6 Å². The molecule has 6 heteroatoms. The quantitative estimate of drug-likeness (QED) is 0.905. The molecule has 1 aromatic carbocycles. The highest BCUT2D eigenvalue weighted by Gasteiger charge is 2.22. The summed E-state index contributed by atoms with van der Waals surface area (Å²) in [5.41, 5.74) is 0.688. The molecule has 0 aliphatic rings. The van der Waals surface area contributed by atoms with Gasteiger partial charge in [-0.3, -0.25) is 0 Å². The van der Waals surface area contributed by atoms with Crippen molar-refractivity contribution in [2.75, 3.05) is 7.11 Å². The van der Waals surface area contributed by atoms with Crippen LogP contribution >= 0.6 is 0 Å². The van der Waals surface area contributed by atoms with Gasteiger partial charge in [0.15, 0.2) is 0 Å². The SMILES string of the molecule is COc1c(C(=O)O)c(C)nn1-c1cccc(F)c1. The Morgan fingerprint density at radius 2 is 2.22 bits per heavy atom. The Kier molecular flexibility index (Phi) is 3.01. The highest BCUT2D eigenvalue weighted by atomic mass is 19.1. The molecule has 0 saturated heterocycles. The normalized spacial score (nSPS) is 10.4. The van der Waals surface area contributed by atoms with Gasteiger partial charge >= 0.3 is 5.97 Å². The van der Waals surface area contributed by atoms with Crippen LogP contribution in [0.2, 0.25) is 0 Å². The first-order valence-corrected chi connectivity index (χ1v) is 5.17. The molecule has 94 valence electrons. The maximum Gasteiger partial charge on any atom is 0.343 e. The Hall–Kier alpha value is -2.37. The molecule has 0 radical (unpaired) electrons. The van der Waals surface area contributed by atoms with E-state index < -0.39 is 11.8 Å². The summed E-state index contributed by atoms with van der Waals surface area (Å²) in [4.78, 5) is 11.1. The number of aryl methyl sites for hydroxylation is 1. The van der Waals surface area contributed by atoms with Crippen LogP contribution < -0.4 is 4.74 Å². The second kappa shape index (κ2) is 4.48. The van der Waals surface area contributed by atoms with E-state index in [4.69, 9.17) is 9.84 Å². The summed E-state index contributed by atoms with van der Waals surface area (Å²) in [6.45, 7) is 1.56. The molecule has 1 aromatic heterocycles. The van der Waals surface area contributed by atoms with Crippen LogP contribution in [-0.4, -0.2) is 28.0 Å². The van der Waals surface area contributed by atoms with Crippen molar-refractivity contribution in [3.63, 3.8) is 0 Å². The molecule has 0 aliphatic carbocycles. The summed E-state index contributed by atoms with van der Waals surface area (Å²) in [7, 11) is 1.35. The summed E-state index contributed by atoms with van der Waals surface area (Å²) >= 11 is 0. The largest absolute Gasteiger partial charge is 0.480 e. The lowest BCUT2D eigenvalue weighted by Gasteiger charge is -2.06. The van der Waals surface area contributed by atoms with E-state index in [2.05, 4.69) is 5.10 Å². The van der Waals surface area contributed by atoms with Crippen LogP contribution in [0, 0.1) is 12.7 Å². The smallest absolute Gasteiger partial charge is 0.343 e. The van der Waals surface area contributed by atoms with Gasteiger partial charge in [0.1, 0.15) is 11.4 Å². The molecule has 2 aromatic rings. The molecule has 1 heterocycles. The Bertz CT molecular complexity index is 607. The summed E-state index contributed by atoms with van der Waals surface area (Å²) in [6.07, 6.45) is 0. The lowest BCUT2D eigenvalue weighted by atomic mass is 10.2. The van der Waals surface area contributed by atoms with Gasteiger partial charge in [0.25, 0.3) is 0 Å². The van der Waals surface area contributed by atoms with Gasteiger partial charge in [-0.1, -0.05) is 6.07 Å². The molecule has 0 saturated carbocycles. The van der Waals surface area contributed by atoms with Gasteiger partial charge in [-0.25, -0.2) is 9.18 Å². The Balaban J connectivity index is 2.65. The van der Waals surface area contributed by atoms with Gasteiger partial charge in [-0.05, 0) is 25.1 Å². The highest BCUT2D eigenvalue weighted by Crippen LogP contribution is 2.25. The molecule has 0 bridgehead atoms. The number of hydrogen-bond acceptors (Lipinski definition) is 3. The molecular formula is C12H11FN2O3. The number of nitrogens with zero attached hydrogens (tertiary/aromatic N) is 2. The highest BCUT2D eigenvalue weighted by molar-refractivity contribution is 5.91. The zero-order valence-corrected chi connectivity index (χ0v) is 9.85. The van der Waals surface area contributed by atoms with E-state index in [9.17, 15) is 9.18 Å². The Labute approximate surface area is 102 Å². The van der Waals surface area contributed by atoms with Gasteiger partial charge in [-0.2, -0.15) is 9.78 Å². The number of aromatic carboxylic acids is 1. The lowest BCUT2D eigenvalue weighted by Crippen LogP contribution is -2.03. The van der Waals surface area contributed by atoms with Crippen molar-refractivity contribution in [2.45, 2.75) is 6.92 Å². The summed E-state index contributed by atoms with van der Waals surface area (Å²) in [6, 6.07) is 5.68. The van der Waals surface area contributed by atoms with Crippen LogP contribution in [0.15, 0.2) is 24.3 Å². The van der Waals surface area contributed by atoms with E-state index in [1.54, 1.807) is 13.0 Å². The van der Waals surface area contributed by atoms with E-state index in [-0.39, 0.29) is 11.4 Å². The second-order valence-corrected chi connectivity index (χ2v) is 3.67. The first-order chi connectivity index (χ1) is 8.54. The average Bonchev–Trinajstić information content (AvgIpc) is 2.66. The molecule has 1 N–H and O–H groups in total. The number of ether oxygens (including phenoxy) is 1. The van der Waals surface area contributed by atoms with Gasteiger partial charge < -0.3 is 9.84 Å². The molecular weight excluding hydrogens is 239 g/mol. The number of methoxy groups -OCH3 is 1. The Morgan fingerprint density at radius 1 is 1.50 bits per heavy atom. The molecule has 0 unspecified atom stereocenters. The minimum Gasteiger partial charge on any atom is -0.480 e. The number of hydrogen-bond donors (Lipinski definition) is 1. The summed E-state index contributed by atoms with van der Waals surface area (Å²) in [5.74, 6) is -1.49. The van der Waals surface area contributed by atoms with Crippen molar-refractivity contribution in [3.05, 3.63) is 41.3 Å². The molecule has 0 fully saturated rings. The monoisotopic (exact) mass is 250 g/mol. The maximum atomic E-state index is 13.2. The number of rotatable bonds is 3. The summed E-state index contributed by atoms with van der Waals surface area (Å²) in [5, 5.41) is 13.1. The van der Waals surface area contributed by atoms with Gasteiger partial charge in [0.05, 0.1) is 18.5 Å². The fraction of sp³-hybridized carbons (Fsp3) is 0.167. The third-order valence-corrected chi connectivity index (χ3v) is 2.48. The molecule has 0 atom stereocenters. The van der Waals surface area contributed by atoms with E-state index in [1.807, 2.05) is 0 Å². The standard InChI is InChI=1S/C12H11FN2O3/c1-7-10(12(16)17)11(18-2)15(14-7)9-5-3-4-8(13)6-9/h3-6H,1-2H3,(H,16,17). The third-order valence-electron chi connectivity index (χ3n) is 2.48. The zero-order chi connectivity index (χ0) is 13.3. The third kappa shape index (κ3) is 1.92. The maximum absolute atomic E-state index is 13.2. The predicted octanol–water partition coefficient (Wildman–Crippen LogP) is 2.03. The van der Waals surface area contributed by atoms with Gasteiger partial charge in [-0.15, -0.1) is 0 Å². The first-order valence-electron chi connectivity index (χ1n) is 5.17. The number of benzene rings is 1. The van der Waals surface area contributed by atoms with Crippen LogP contribution in [-0.2, 0) is 0 Å². The van der Waals surface area contributed by atoms with Crippen LogP contribution in [0.5, 0.6) is 5.88 Å². The van der Waals surface area contributed by atoms with Crippen molar-refractivity contribution >= 4 is 5.97 Å². The van der Waals surface area contributed by atoms with E-state index in [0.29, 0.717) is 11.4 Å². The zero-order valence-electron chi connectivity index (χ0n) is 9.85. The number of aromatic nitrogens is 2.